The van der Waals surface area contributed by atoms with Crippen LogP contribution >= 0.6 is 22.6 Å². The molecule has 0 N–H and O–H groups in total. The first-order valence-electron chi connectivity index (χ1n) is 9.44. The van der Waals surface area contributed by atoms with Crippen molar-refractivity contribution in [3.8, 4) is 0 Å². The molecule has 6 nitrogen and oxygen atoms in total. The molecule has 0 aliphatic carbocycles. The number of halogens is 1. The number of rotatable bonds is 22. The summed E-state index contributed by atoms with van der Waals surface area (Å²) in [4.78, 5) is 0. The molecule has 0 aromatic rings. The monoisotopic (exact) mass is 476 g/mol. The molecule has 0 aliphatic rings. The van der Waals surface area contributed by atoms with E-state index in [9.17, 15) is 0 Å². The van der Waals surface area contributed by atoms with Crippen LogP contribution in [0, 0.1) is 0 Å². The van der Waals surface area contributed by atoms with Crippen LogP contribution in [0.25, 0.3) is 0 Å². The van der Waals surface area contributed by atoms with Crippen LogP contribution in [0.3, 0.4) is 0 Å². The summed E-state index contributed by atoms with van der Waals surface area (Å²) in [6, 6.07) is 0. The summed E-state index contributed by atoms with van der Waals surface area (Å²) in [7, 11) is 0. The van der Waals surface area contributed by atoms with Crippen molar-refractivity contribution in [2.45, 2.75) is 32.6 Å². The smallest absolute Gasteiger partial charge is 0.0701 e. The van der Waals surface area contributed by atoms with Gasteiger partial charge in [-0.15, -0.1) is 0 Å². The molecule has 25 heavy (non-hydrogen) atoms. The van der Waals surface area contributed by atoms with Crippen molar-refractivity contribution in [1.29, 1.82) is 0 Å². The summed E-state index contributed by atoms with van der Waals surface area (Å²) in [5.74, 6) is 0. The molecule has 152 valence electrons. The maximum absolute atomic E-state index is 5.52. The number of unbranched alkanes of at least 4 members (excludes halogenated alkanes) is 3. The standard InChI is InChI=1S/C18H37IO6/c1-2-20-9-10-22-13-14-24-17-18-25-16-15-23-12-11-21-8-6-4-3-5-7-19/h2-18H2,1H3. The minimum atomic E-state index is 0.579. The average molecular weight is 476 g/mol. The first-order chi connectivity index (χ1) is 12.4. The zero-order chi connectivity index (χ0) is 18.3. The largest absolute Gasteiger partial charge is 0.379 e. The highest BCUT2D eigenvalue weighted by Crippen LogP contribution is 2.02. The predicted molar refractivity (Wildman–Crippen MR) is 108 cm³/mol. The van der Waals surface area contributed by atoms with E-state index in [0.29, 0.717) is 66.1 Å². The van der Waals surface area contributed by atoms with Gasteiger partial charge in [0.05, 0.1) is 66.1 Å². The van der Waals surface area contributed by atoms with E-state index < -0.39 is 0 Å². The Hall–Kier alpha value is 0.490. The van der Waals surface area contributed by atoms with Crippen molar-refractivity contribution < 1.29 is 28.4 Å². The molecule has 0 heterocycles. The van der Waals surface area contributed by atoms with Crippen molar-refractivity contribution in [3.63, 3.8) is 0 Å². The van der Waals surface area contributed by atoms with Crippen LogP contribution in [0.4, 0.5) is 0 Å². The molecule has 0 aliphatic heterocycles. The summed E-state index contributed by atoms with van der Waals surface area (Å²) in [6.07, 6.45) is 5.04. The van der Waals surface area contributed by atoms with E-state index in [2.05, 4.69) is 22.6 Å². The van der Waals surface area contributed by atoms with Crippen LogP contribution in [0.1, 0.15) is 32.6 Å². The highest BCUT2D eigenvalue weighted by Gasteiger charge is 1.94. The molecule has 0 unspecified atom stereocenters. The molecule has 7 heteroatoms. The lowest BCUT2D eigenvalue weighted by atomic mass is 10.2. The van der Waals surface area contributed by atoms with E-state index in [0.717, 1.165) is 19.6 Å². The molecule has 0 aromatic carbocycles. The van der Waals surface area contributed by atoms with Gasteiger partial charge >= 0.3 is 0 Å². The molecule has 0 fully saturated rings. The van der Waals surface area contributed by atoms with Gasteiger partial charge in [-0.25, -0.2) is 0 Å². The topological polar surface area (TPSA) is 55.4 Å². The van der Waals surface area contributed by atoms with Gasteiger partial charge in [-0.2, -0.15) is 0 Å². The van der Waals surface area contributed by atoms with E-state index in [4.69, 9.17) is 28.4 Å². The minimum Gasteiger partial charge on any atom is -0.379 e. The second kappa shape index (κ2) is 24.5. The Morgan fingerprint density at radius 2 is 0.800 bits per heavy atom. The van der Waals surface area contributed by atoms with Gasteiger partial charge in [0, 0.05) is 13.2 Å². The number of hydrogen-bond acceptors (Lipinski definition) is 6. The molecule has 0 aromatic heterocycles. The van der Waals surface area contributed by atoms with Crippen LogP contribution < -0.4 is 0 Å². The van der Waals surface area contributed by atoms with Gasteiger partial charge in [-0.3, -0.25) is 0 Å². The second-order valence-electron chi connectivity index (χ2n) is 5.36. The Bertz CT molecular complexity index is 212. The van der Waals surface area contributed by atoms with Gasteiger partial charge in [-0.1, -0.05) is 35.4 Å². The summed E-state index contributed by atoms with van der Waals surface area (Å²) >= 11 is 2.42. The van der Waals surface area contributed by atoms with Crippen LogP contribution in [-0.2, 0) is 28.4 Å². The van der Waals surface area contributed by atoms with E-state index >= 15 is 0 Å². The highest BCUT2D eigenvalue weighted by molar-refractivity contribution is 14.1. The molecule has 0 saturated heterocycles. The van der Waals surface area contributed by atoms with Crippen molar-refractivity contribution in [2.75, 3.05) is 83.7 Å². The van der Waals surface area contributed by atoms with E-state index in [-0.39, 0.29) is 0 Å². The third-order valence-corrected chi connectivity index (χ3v) is 4.00. The predicted octanol–water partition coefficient (Wildman–Crippen LogP) is 3.10. The molecular weight excluding hydrogens is 439 g/mol. The molecule has 0 rings (SSSR count). The van der Waals surface area contributed by atoms with E-state index in [1.54, 1.807) is 0 Å². The Morgan fingerprint density at radius 1 is 0.440 bits per heavy atom. The lowest BCUT2D eigenvalue weighted by Gasteiger charge is -2.08. The van der Waals surface area contributed by atoms with Crippen molar-refractivity contribution in [3.05, 3.63) is 0 Å². The third-order valence-electron chi connectivity index (χ3n) is 3.24. The zero-order valence-corrected chi connectivity index (χ0v) is 18.0. The van der Waals surface area contributed by atoms with Gasteiger partial charge < -0.3 is 28.4 Å². The zero-order valence-electron chi connectivity index (χ0n) is 15.8. The Kier molecular flexibility index (Phi) is 25.0. The van der Waals surface area contributed by atoms with Crippen molar-refractivity contribution in [2.24, 2.45) is 0 Å². The van der Waals surface area contributed by atoms with Crippen molar-refractivity contribution in [1.82, 2.24) is 0 Å². The average Bonchev–Trinajstić information content (AvgIpc) is 2.63. The minimum absolute atomic E-state index is 0.579. The number of alkyl halides is 1. The fourth-order valence-electron chi connectivity index (χ4n) is 1.90. The summed E-state index contributed by atoms with van der Waals surface area (Å²) in [5.41, 5.74) is 0. The fourth-order valence-corrected chi connectivity index (χ4v) is 2.44. The lowest BCUT2D eigenvalue weighted by Crippen LogP contribution is -2.14. The molecule has 0 saturated carbocycles. The van der Waals surface area contributed by atoms with Crippen LogP contribution in [0.5, 0.6) is 0 Å². The first kappa shape index (κ1) is 25.5. The molecule has 0 spiro atoms. The van der Waals surface area contributed by atoms with Crippen LogP contribution in [0.15, 0.2) is 0 Å². The van der Waals surface area contributed by atoms with Crippen LogP contribution in [0.2, 0.25) is 0 Å². The Labute approximate surface area is 167 Å². The van der Waals surface area contributed by atoms with Crippen LogP contribution in [-0.4, -0.2) is 83.7 Å². The Balaban J connectivity index is 2.94. The summed E-state index contributed by atoms with van der Waals surface area (Å²) in [6.45, 7) is 9.62. The molecule has 0 radical (unpaired) electrons. The fraction of sp³-hybridized carbons (Fsp3) is 1.00. The third kappa shape index (κ3) is 24.5. The van der Waals surface area contributed by atoms with Gasteiger partial charge in [0.2, 0.25) is 0 Å². The maximum atomic E-state index is 5.52. The van der Waals surface area contributed by atoms with E-state index in [1.807, 2.05) is 6.92 Å². The molecule has 0 bridgehead atoms. The van der Waals surface area contributed by atoms with Gasteiger partial charge in [0.15, 0.2) is 0 Å². The second-order valence-corrected chi connectivity index (χ2v) is 6.44. The number of hydrogen-bond donors (Lipinski definition) is 0. The highest BCUT2D eigenvalue weighted by atomic mass is 127. The van der Waals surface area contributed by atoms with Gasteiger partial charge in [-0.05, 0) is 24.2 Å². The molecule has 0 amide bonds. The van der Waals surface area contributed by atoms with Gasteiger partial charge in [0.25, 0.3) is 0 Å². The van der Waals surface area contributed by atoms with E-state index in [1.165, 1.54) is 23.7 Å². The lowest BCUT2D eigenvalue weighted by molar-refractivity contribution is -0.0163. The maximum Gasteiger partial charge on any atom is 0.0701 e. The van der Waals surface area contributed by atoms with Gasteiger partial charge in [0.1, 0.15) is 0 Å². The molecular formula is C18H37IO6. The first-order valence-corrected chi connectivity index (χ1v) is 11.0. The SMILES string of the molecule is CCOCCOCCOCCOCCOCCOCCCCCCI. The summed E-state index contributed by atoms with van der Waals surface area (Å²) in [5, 5.41) is 0. The Morgan fingerprint density at radius 3 is 1.20 bits per heavy atom. The molecule has 0 atom stereocenters. The number of ether oxygens (including phenoxy) is 6. The quantitative estimate of drug-likeness (QED) is 0.136. The summed E-state index contributed by atoms with van der Waals surface area (Å²) < 4.78 is 33.5. The van der Waals surface area contributed by atoms with Crippen molar-refractivity contribution >= 4 is 22.6 Å². The normalized spacial score (nSPS) is 11.3.